The number of anilines is 1. The Balaban J connectivity index is 1.64. The van der Waals surface area contributed by atoms with Crippen molar-refractivity contribution < 1.29 is 4.79 Å². The fourth-order valence-corrected chi connectivity index (χ4v) is 2.49. The van der Waals surface area contributed by atoms with Crippen molar-refractivity contribution in [3.8, 4) is 0 Å². The minimum absolute atomic E-state index is 0.0255. The Bertz CT molecular complexity index is 587. The van der Waals surface area contributed by atoms with Gasteiger partial charge >= 0.3 is 0 Å². The SMILES string of the molecule is C[C@H](NC(=O)C1Cc2ccccc2N1)c1cccnc1. The summed E-state index contributed by atoms with van der Waals surface area (Å²) in [6, 6.07) is 11.7. The lowest BCUT2D eigenvalue weighted by Crippen LogP contribution is -2.39. The van der Waals surface area contributed by atoms with E-state index in [4.69, 9.17) is 0 Å². The monoisotopic (exact) mass is 267 g/mol. The summed E-state index contributed by atoms with van der Waals surface area (Å²) in [5, 5.41) is 6.29. The number of benzene rings is 1. The predicted octanol–water partition coefficient (Wildman–Crippen LogP) is 2.30. The minimum Gasteiger partial charge on any atom is -0.373 e. The third-order valence-corrected chi connectivity index (χ3v) is 3.63. The minimum atomic E-state index is -0.188. The lowest BCUT2D eigenvalue weighted by molar-refractivity contribution is -0.122. The summed E-state index contributed by atoms with van der Waals surface area (Å²) in [7, 11) is 0. The van der Waals surface area contributed by atoms with Gasteiger partial charge < -0.3 is 10.6 Å². The van der Waals surface area contributed by atoms with E-state index in [1.54, 1.807) is 12.4 Å². The second-order valence-corrected chi connectivity index (χ2v) is 5.07. The first-order valence-corrected chi connectivity index (χ1v) is 6.79. The number of aromatic nitrogens is 1. The molecule has 1 unspecified atom stereocenters. The topological polar surface area (TPSA) is 54.0 Å². The zero-order chi connectivity index (χ0) is 13.9. The maximum absolute atomic E-state index is 12.3. The molecule has 0 saturated carbocycles. The molecule has 0 fully saturated rings. The number of pyridine rings is 1. The fourth-order valence-electron chi connectivity index (χ4n) is 2.49. The van der Waals surface area contributed by atoms with Gasteiger partial charge in [-0.2, -0.15) is 0 Å². The highest BCUT2D eigenvalue weighted by molar-refractivity contribution is 5.87. The lowest BCUT2D eigenvalue weighted by atomic mass is 10.1. The summed E-state index contributed by atoms with van der Waals surface area (Å²) in [6.07, 6.45) is 4.25. The average molecular weight is 267 g/mol. The van der Waals surface area contributed by atoms with Gasteiger partial charge in [-0.05, 0) is 30.2 Å². The van der Waals surface area contributed by atoms with Gasteiger partial charge in [-0.25, -0.2) is 0 Å². The van der Waals surface area contributed by atoms with Gasteiger partial charge in [0.25, 0.3) is 0 Å². The fraction of sp³-hybridized carbons (Fsp3) is 0.250. The highest BCUT2D eigenvalue weighted by Crippen LogP contribution is 2.25. The Kier molecular flexibility index (Phi) is 3.37. The van der Waals surface area contributed by atoms with Crippen LogP contribution >= 0.6 is 0 Å². The molecule has 1 aromatic heterocycles. The van der Waals surface area contributed by atoms with E-state index in [1.165, 1.54) is 5.56 Å². The van der Waals surface area contributed by atoms with E-state index in [0.717, 1.165) is 17.7 Å². The largest absolute Gasteiger partial charge is 0.373 e. The molecule has 2 heterocycles. The molecule has 2 atom stereocenters. The third-order valence-electron chi connectivity index (χ3n) is 3.63. The first-order chi connectivity index (χ1) is 9.74. The first-order valence-electron chi connectivity index (χ1n) is 6.79. The van der Waals surface area contributed by atoms with E-state index < -0.39 is 0 Å². The van der Waals surface area contributed by atoms with Crippen LogP contribution in [0.1, 0.15) is 24.1 Å². The number of hydrogen-bond donors (Lipinski definition) is 2. The molecule has 20 heavy (non-hydrogen) atoms. The molecule has 102 valence electrons. The number of para-hydroxylation sites is 1. The summed E-state index contributed by atoms with van der Waals surface area (Å²) >= 11 is 0. The van der Waals surface area contributed by atoms with Crippen molar-refractivity contribution in [3.63, 3.8) is 0 Å². The molecule has 4 heteroatoms. The van der Waals surface area contributed by atoms with E-state index in [1.807, 2.05) is 37.3 Å². The van der Waals surface area contributed by atoms with E-state index in [2.05, 4.69) is 21.7 Å². The molecule has 0 saturated heterocycles. The third kappa shape index (κ3) is 2.50. The summed E-state index contributed by atoms with van der Waals surface area (Å²) in [6.45, 7) is 1.97. The highest BCUT2D eigenvalue weighted by Gasteiger charge is 2.27. The van der Waals surface area contributed by atoms with Gasteiger partial charge in [-0.15, -0.1) is 0 Å². The van der Waals surface area contributed by atoms with E-state index in [0.29, 0.717) is 0 Å². The second kappa shape index (κ2) is 5.33. The van der Waals surface area contributed by atoms with Crippen molar-refractivity contribution in [2.24, 2.45) is 0 Å². The summed E-state index contributed by atoms with van der Waals surface area (Å²) in [4.78, 5) is 16.4. The number of nitrogens with zero attached hydrogens (tertiary/aromatic N) is 1. The molecule has 4 nitrogen and oxygen atoms in total. The lowest BCUT2D eigenvalue weighted by Gasteiger charge is -2.17. The number of rotatable bonds is 3. The van der Waals surface area contributed by atoms with Crippen molar-refractivity contribution in [3.05, 3.63) is 59.9 Å². The standard InChI is InChI=1S/C16H17N3O/c1-11(13-6-4-8-17-10-13)18-16(20)15-9-12-5-2-3-7-14(12)19-15/h2-8,10-11,15,19H,9H2,1H3,(H,18,20)/t11-,15?/m0/s1. The molecule has 1 aliphatic rings. The van der Waals surface area contributed by atoms with Crippen LogP contribution in [-0.4, -0.2) is 16.9 Å². The first kappa shape index (κ1) is 12.7. The number of carbonyl (C=O) groups excluding carboxylic acids is 1. The van der Waals surface area contributed by atoms with Gasteiger partial charge in [0.15, 0.2) is 0 Å². The van der Waals surface area contributed by atoms with Crippen LogP contribution in [0.3, 0.4) is 0 Å². The van der Waals surface area contributed by atoms with E-state index in [9.17, 15) is 4.79 Å². The molecule has 2 N–H and O–H groups in total. The van der Waals surface area contributed by atoms with Crippen LogP contribution < -0.4 is 10.6 Å². The number of carbonyl (C=O) groups is 1. The van der Waals surface area contributed by atoms with Gasteiger partial charge in [0.05, 0.1) is 6.04 Å². The van der Waals surface area contributed by atoms with Crippen LogP contribution in [0.4, 0.5) is 5.69 Å². The molecule has 0 aliphatic carbocycles. The normalized spacial score (nSPS) is 17.9. The molecule has 0 bridgehead atoms. The maximum atomic E-state index is 12.3. The van der Waals surface area contributed by atoms with Gasteiger partial charge in [-0.3, -0.25) is 9.78 Å². The van der Waals surface area contributed by atoms with Gasteiger partial charge in [0.2, 0.25) is 5.91 Å². The van der Waals surface area contributed by atoms with Crippen molar-refractivity contribution >= 4 is 11.6 Å². The Morgan fingerprint density at radius 1 is 1.35 bits per heavy atom. The molecule has 0 radical (unpaired) electrons. The molecular formula is C16H17N3O. The number of nitrogens with one attached hydrogen (secondary N) is 2. The Labute approximate surface area is 118 Å². The van der Waals surface area contributed by atoms with Crippen LogP contribution in [-0.2, 0) is 11.2 Å². The van der Waals surface area contributed by atoms with E-state index >= 15 is 0 Å². The molecule has 2 aromatic rings. The van der Waals surface area contributed by atoms with Crippen LogP contribution in [0.25, 0.3) is 0 Å². The Hall–Kier alpha value is -2.36. The molecule has 0 spiro atoms. The van der Waals surface area contributed by atoms with Crippen molar-refractivity contribution in [2.75, 3.05) is 5.32 Å². The summed E-state index contributed by atoms with van der Waals surface area (Å²) in [5.41, 5.74) is 3.26. The zero-order valence-corrected chi connectivity index (χ0v) is 11.3. The van der Waals surface area contributed by atoms with Crippen LogP contribution in [0.2, 0.25) is 0 Å². The number of hydrogen-bond acceptors (Lipinski definition) is 3. The summed E-state index contributed by atoms with van der Waals surface area (Å²) in [5.74, 6) is 0.0255. The van der Waals surface area contributed by atoms with Crippen LogP contribution in [0.15, 0.2) is 48.8 Å². The average Bonchev–Trinajstić information content (AvgIpc) is 2.92. The molecule has 3 rings (SSSR count). The molecule has 1 aromatic carbocycles. The maximum Gasteiger partial charge on any atom is 0.243 e. The molecule has 1 aliphatic heterocycles. The Morgan fingerprint density at radius 3 is 2.95 bits per heavy atom. The number of fused-ring (bicyclic) bond motifs is 1. The quantitative estimate of drug-likeness (QED) is 0.897. The van der Waals surface area contributed by atoms with Crippen LogP contribution in [0.5, 0.6) is 0 Å². The highest BCUT2D eigenvalue weighted by atomic mass is 16.2. The second-order valence-electron chi connectivity index (χ2n) is 5.07. The smallest absolute Gasteiger partial charge is 0.243 e. The zero-order valence-electron chi connectivity index (χ0n) is 11.3. The predicted molar refractivity (Wildman–Crippen MR) is 78.4 cm³/mol. The van der Waals surface area contributed by atoms with Gasteiger partial charge in [-0.1, -0.05) is 24.3 Å². The van der Waals surface area contributed by atoms with Gasteiger partial charge in [0.1, 0.15) is 6.04 Å². The van der Waals surface area contributed by atoms with Crippen LogP contribution in [0, 0.1) is 0 Å². The van der Waals surface area contributed by atoms with Crippen molar-refractivity contribution in [2.45, 2.75) is 25.4 Å². The van der Waals surface area contributed by atoms with Gasteiger partial charge in [0, 0.05) is 24.5 Å². The van der Waals surface area contributed by atoms with Crippen molar-refractivity contribution in [1.82, 2.24) is 10.3 Å². The summed E-state index contributed by atoms with van der Waals surface area (Å²) < 4.78 is 0. The Morgan fingerprint density at radius 2 is 2.20 bits per heavy atom. The molecule has 1 amide bonds. The van der Waals surface area contributed by atoms with E-state index in [-0.39, 0.29) is 18.0 Å². The molecular weight excluding hydrogens is 250 g/mol. The number of amides is 1. The van der Waals surface area contributed by atoms with Crippen molar-refractivity contribution in [1.29, 1.82) is 0 Å².